The highest BCUT2D eigenvalue weighted by Gasteiger charge is 2.27. The van der Waals surface area contributed by atoms with E-state index >= 15 is 0 Å². The van der Waals surface area contributed by atoms with Crippen molar-refractivity contribution in [1.82, 2.24) is 5.32 Å². The molecule has 79 heavy (non-hydrogen) atoms. The first-order chi connectivity index (χ1) is 38.5. The predicted molar refractivity (Wildman–Crippen MR) is 345 cm³/mol. The zero-order valence-corrected chi connectivity index (χ0v) is 53.0. The van der Waals surface area contributed by atoms with Crippen molar-refractivity contribution in [2.24, 2.45) is 0 Å². The first-order valence-corrected chi connectivity index (χ1v) is 34.3. The highest BCUT2D eigenvalue weighted by molar-refractivity contribution is 7.47. The molecular weight excluding hydrogens is 996 g/mol. The van der Waals surface area contributed by atoms with Gasteiger partial charge in [-0.05, 0) is 83.5 Å². The van der Waals surface area contributed by atoms with E-state index in [0.717, 1.165) is 103 Å². The minimum Gasteiger partial charge on any atom is -0.387 e. The summed E-state index contributed by atoms with van der Waals surface area (Å²) >= 11 is 0. The summed E-state index contributed by atoms with van der Waals surface area (Å²) < 4.78 is 23.8. The molecule has 0 bridgehead atoms. The minimum atomic E-state index is -4.37. The fraction of sp³-hybridized carbons (Fsp3) is 0.729. The summed E-state index contributed by atoms with van der Waals surface area (Å²) in [6, 6.07) is -0.870. The number of aliphatic hydroxyl groups is 1. The number of carbonyl (C=O) groups excluding carboxylic acids is 1. The Hall–Kier alpha value is -2.84. The van der Waals surface area contributed by atoms with Gasteiger partial charge in [-0.2, -0.15) is 0 Å². The van der Waals surface area contributed by atoms with Crippen LogP contribution in [0.25, 0.3) is 0 Å². The number of allylic oxidation sites excluding steroid dienone is 17. The van der Waals surface area contributed by atoms with Crippen molar-refractivity contribution in [1.29, 1.82) is 0 Å². The zero-order chi connectivity index (χ0) is 57.7. The van der Waals surface area contributed by atoms with Crippen LogP contribution >= 0.6 is 7.82 Å². The lowest BCUT2D eigenvalue weighted by Crippen LogP contribution is -2.45. The molecule has 3 N–H and O–H groups in total. The Kier molecular flexibility index (Phi) is 57.6. The Morgan fingerprint density at radius 2 is 0.759 bits per heavy atom. The van der Waals surface area contributed by atoms with E-state index in [1.165, 1.54) is 154 Å². The number of carbonyl (C=O) groups is 1. The first-order valence-electron chi connectivity index (χ1n) is 32.8. The SMILES string of the molecule is CC/C=C\C/C=C\C/C=C\C/C=C\C/C=C\C/C=C\C/C=C\C/C=C\CCCCCCC(=O)NC(COP(=O)(O)OCC[N+](C)(C)C)C(O)/C=C/CCCCCCCCCCCCCCCCCCCCCCCCCCCC. The number of quaternary nitrogens is 1. The molecule has 0 aliphatic heterocycles. The second kappa shape index (κ2) is 59.8. The van der Waals surface area contributed by atoms with Gasteiger partial charge in [-0.25, -0.2) is 4.57 Å². The first kappa shape index (κ1) is 76.2. The highest BCUT2D eigenvalue weighted by atomic mass is 31.2. The molecule has 0 aliphatic rings. The maximum atomic E-state index is 13.0. The molecule has 0 aromatic heterocycles. The third-order valence-corrected chi connectivity index (χ3v) is 15.2. The lowest BCUT2D eigenvalue weighted by atomic mass is 10.0. The summed E-state index contributed by atoms with van der Waals surface area (Å²) in [6.45, 7) is 4.70. The third-order valence-electron chi connectivity index (χ3n) is 14.2. The largest absolute Gasteiger partial charge is 0.472 e. The topological polar surface area (TPSA) is 105 Å². The van der Waals surface area contributed by atoms with Gasteiger partial charge < -0.3 is 19.8 Å². The molecule has 0 saturated carbocycles. The van der Waals surface area contributed by atoms with Crippen molar-refractivity contribution >= 4 is 13.7 Å². The summed E-state index contributed by atoms with van der Waals surface area (Å²) in [7, 11) is 1.54. The molecule has 0 aliphatic carbocycles. The number of likely N-dealkylation sites (N-methyl/N-ethyl adjacent to an activating group) is 1. The molecule has 8 nitrogen and oxygen atoms in total. The molecule has 0 saturated heterocycles. The number of phosphoric ester groups is 1. The summed E-state index contributed by atoms with van der Waals surface area (Å²) in [5.74, 6) is -0.203. The van der Waals surface area contributed by atoms with Gasteiger partial charge in [-0.3, -0.25) is 13.8 Å². The van der Waals surface area contributed by atoms with Crippen molar-refractivity contribution < 1.29 is 32.9 Å². The van der Waals surface area contributed by atoms with Crippen LogP contribution in [0.4, 0.5) is 0 Å². The number of hydrogen-bond acceptors (Lipinski definition) is 5. The molecule has 3 atom stereocenters. The minimum absolute atomic E-state index is 0.0506. The van der Waals surface area contributed by atoms with Gasteiger partial charge >= 0.3 is 7.82 Å². The van der Waals surface area contributed by atoms with Crippen LogP contribution in [0.2, 0.25) is 0 Å². The predicted octanol–water partition coefficient (Wildman–Crippen LogP) is 20.7. The normalized spacial score (nSPS) is 14.5. The van der Waals surface area contributed by atoms with Crippen molar-refractivity contribution in [2.45, 2.75) is 289 Å². The van der Waals surface area contributed by atoms with Gasteiger partial charge in [0.15, 0.2) is 0 Å². The second-order valence-electron chi connectivity index (χ2n) is 23.1. The van der Waals surface area contributed by atoms with E-state index in [1.807, 2.05) is 27.2 Å². The van der Waals surface area contributed by atoms with E-state index in [2.05, 4.69) is 116 Å². The van der Waals surface area contributed by atoms with E-state index in [0.29, 0.717) is 17.4 Å². The Balaban J connectivity index is 4.23. The average molecular weight is 1120 g/mol. The number of hydrogen-bond donors (Lipinski definition) is 3. The van der Waals surface area contributed by atoms with Crippen molar-refractivity contribution in [3.8, 4) is 0 Å². The summed E-state index contributed by atoms with van der Waals surface area (Å²) in [5.41, 5.74) is 0. The van der Waals surface area contributed by atoms with E-state index in [9.17, 15) is 19.4 Å². The van der Waals surface area contributed by atoms with Gasteiger partial charge in [0.25, 0.3) is 0 Å². The highest BCUT2D eigenvalue weighted by Crippen LogP contribution is 2.43. The van der Waals surface area contributed by atoms with Crippen LogP contribution in [0.1, 0.15) is 277 Å². The number of nitrogens with zero attached hydrogens (tertiary/aromatic N) is 1. The molecule has 0 fully saturated rings. The Bertz CT molecular complexity index is 1650. The summed E-state index contributed by atoms with van der Waals surface area (Å²) in [6.07, 6.45) is 87.8. The van der Waals surface area contributed by atoms with Gasteiger partial charge in [0.1, 0.15) is 13.2 Å². The fourth-order valence-corrected chi connectivity index (χ4v) is 9.91. The van der Waals surface area contributed by atoms with Crippen molar-refractivity contribution in [3.63, 3.8) is 0 Å². The molecule has 0 spiro atoms. The Morgan fingerprint density at radius 1 is 0.443 bits per heavy atom. The average Bonchev–Trinajstić information content (AvgIpc) is 3.42. The van der Waals surface area contributed by atoms with Gasteiger partial charge in [0.05, 0.1) is 39.9 Å². The van der Waals surface area contributed by atoms with Crippen molar-refractivity contribution in [3.05, 3.63) is 109 Å². The van der Waals surface area contributed by atoms with Gasteiger partial charge in [-0.15, -0.1) is 0 Å². The maximum Gasteiger partial charge on any atom is 0.472 e. The number of aliphatic hydroxyl groups excluding tert-OH is 1. The van der Waals surface area contributed by atoms with E-state index in [4.69, 9.17) is 9.05 Å². The Morgan fingerprint density at radius 3 is 1.11 bits per heavy atom. The lowest BCUT2D eigenvalue weighted by Gasteiger charge is -2.25. The fourth-order valence-electron chi connectivity index (χ4n) is 9.18. The number of phosphoric acid groups is 1. The van der Waals surface area contributed by atoms with Crippen LogP contribution in [0.3, 0.4) is 0 Å². The Labute approximate surface area is 489 Å². The van der Waals surface area contributed by atoms with Gasteiger partial charge in [0.2, 0.25) is 5.91 Å². The van der Waals surface area contributed by atoms with Crippen LogP contribution in [0, 0.1) is 0 Å². The number of rotatable bonds is 59. The smallest absolute Gasteiger partial charge is 0.387 e. The van der Waals surface area contributed by atoms with E-state index in [1.54, 1.807) is 6.08 Å². The standard InChI is InChI=1S/C70H125N2O6P/c1-6-8-10-12-14-16-18-20-22-24-26-28-30-32-34-36-38-40-42-44-46-48-50-52-54-56-58-60-62-64-70(74)71-68(67-78-79(75,76)77-66-65-72(3,4)5)69(73)63-61-59-57-55-53-51-49-47-45-43-41-39-37-35-33-31-29-27-25-23-21-19-17-15-13-11-9-7-2/h8,10,14,16,20,22,26,28,32,34,38,40,44,46,50,52,61,63,68-69,73H,6-7,9,11-13,15,17-19,21,23-25,27,29-31,33,35-37,39,41-43,45,47-49,51,53-60,62,64-67H2,1-5H3,(H-,71,74,75,76)/p+1/b10-8-,16-14-,22-20-,28-26-,34-32-,40-38-,46-44-,52-50-,63-61+. The quantitative estimate of drug-likeness (QED) is 0.0243. The van der Waals surface area contributed by atoms with E-state index < -0.39 is 20.0 Å². The maximum absolute atomic E-state index is 13.0. The molecule has 0 aromatic rings. The van der Waals surface area contributed by atoms with E-state index in [-0.39, 0.29) is 19.1 Å². The molecule has 0 heterocycles. The van der Waals surface area contributed by atoms with Crippen LogP contribution in [-0.2, 0) is 18.4 Å². The van der Waals surface area contributed by atoms with Crippen LogP contribution in [0.15, 0.2) is 109 Å². The molecule has 0 aromatic carbocycles. The molecule has 1 amide bonds. The summed E-state index contributed by atoms with van der Waals surface area (Å²) in [4.78, 5) is 23.4. The number of amides is 1. The van der Waals surface area contributed by atoms with Gasteiger partial charge in [0, 0.05) is 6.42 Å². The van der Waals surface area contributed by atoms with Gasteiger partial charge in [-0.1, -0.05) is 297 Å². The number of nitrogens with one attached hydrogen (secondary N) is 1. The van der Waals surface area contributed by atoms with Crippen molar-refractivity contribution in [2.75, 3.05) is 40.9 Å². The zero-order valence-electron chi connectivity index (χ0n) is 52.1. The van der Waals surface area contributed by atoms with Crippen LogP contribution in [-0.4, -0.2) is 73.4 Å². The lowest BCUT2D eigenvalue weighted by molar-refractivity contribution is -0.870. The van der Waals surface area contributed by atoms with Crippen LogP contribution < -0.4 is 5.32 Å². The third kappa shape index (κ3) is 62.6. The number of unbranched alkanes of at least 4 members (excludes halogenated alkanes) is 30. The molecule has 3 unspecified atom stereocenters. The molecule has 9 heteroatoms. The second-order valence-corrected chi connectivity index (χ2v) is 24.6. The molecule has 0 rings (SSSR count). The summed E-state index contributed by atoms with van der Waals surface area (Å²) in [5, 5.41) is 14.0. The monoisotopic (exact) mass is 1120 g/mol. The molecule has 456 valence electrons. The molecular formula is C70H126N2O6P+. The van der Waals surface area contributed by atoms with Crippen LogP contribution in [0.5, 0.6) is 0 Å². The molecule has 0 radical (unpaired) electrons.